The Hall–Kier alpha value is -0.610. The lowest BCUT2D eigenvalue weighted by atomic mass is 10.1. The number of hydrogen-bond acceptors (Lipinski definition) is 3. The van der Waals surface area contributed by atoms with Crippen LogP contribution in [0.4, 0.5) is 5.69 Å². The van der Waals surface area contributed by atoms with Crippen molar-refractivity contribution >= 4 is 21.6 Å². The first-order valence-electron chi connectivity index (χ1n) is 5.31. The van der Waals surface area contributed by atoms with Crippen LogP contribution in [0.2, 0.25) is 0 Å². The van der Waals surface area contributed by atoms with E-state index in [1.807, 2.05) is 6.07 Å². The number of hydrogen-bond donors (Lipinski definition) is 1. The molecule has 0 bridgehead atoms. The van der Waals surface area contributed by atoms with Crippen LogP contribution in [-0.2, 0) is 6.61 Å². The number of halogens is 1. The molecule has 1 aliphatic rings. The fraction of sp³-hybridized carbons (Fsp3) is 0.545. The van der Waals surface area contributed by atoms with Crippen LogP contribution in [0.1, 0.15) is 25.0 Å². The minimum atomic E-state index is 0.0130. The van der Waals surface area contributed by atoms with E-state index in [2.05, 4.69) is 25.8 Å². The Morgan fingerprint density at radius 1 is 1.33 bits per heavy atom. The summed E-state index contributed by atoms with van der Waals surface area (Å²) < 4.78 is 0.972. The van der Waals surface area contributed by atoms with Crippen molar-refractivity contribution in [2.75, 3.05) is 18.0 Å². The molecule has 0 aromatic carbocycles. The monoisotopic (exact) mass is 270 g/mol. The number of anilines is 1. The topological polar surface area (TPSA) is 36.4 Å². The number of aliphatic hydroxyl groups excluding tert-OH is 1. The summed E-state index contributed by atoms with van der Waals surface area (Å²) in [6, 6.07) is 2.05. The molecule has 2 rings (SSSR count). The highest BCUT2D eigenvalue weighted by Crippen LogP contribution is 2.25. The molecule has 1 aromatic rings. The fourth-order valence-corrected chi connectivity index (χ4v) is 2.31. The number of aliphatic hydroxyl groups is 1. The third kappa shape index (κ3) is 2.49. The summed E-state index contributed by atoms with van der Waals surface area (Å²) in [7, 11) is 0. The SMILES string of the molecule is OCc1ncc(Br)cc1N1CCCCC1. The minimum Gasteiger partial charge on any atom is -0.390 e. The van der Waals surface area contributed by atoms with Crippen molar-refractivity contribution in [1.82, 2.24) is 4.98 Å². The zero-order chi connectivity index (χ0) is 10.7. The standard InChI is InChI=1S/C11H15BrN2O/c12-9-6-11(10(8-15)13-7-9)14-4-2-1-3-5-14/h6-7,15H,1-5,8H2. The van der Waals surface area contributed by atoms with Crippen LogP contribution in [0.5, 0.6) is 0 Å². The lowest BCUT2D eigenvalue weighted by Gasteiger charge is -2.30. The average Bonchev–Trinajstić information content (AvgIpc) is 2.30. The van der Waals surface area contributed by atoms with Gasteiger partial charge in [-0.1, -0.05) is 0 Å². The van der Waals surface area contributed by atoms with Gasteiger partial charge in [0.1, 0.15) is 0 Å². The largest absolute Gasteiger partial charge is 0.390 e. The zero-order valence-electron chi connectivity index (χ0n) is 8.62. The Morgan fingerprint density at radius 3 is 2.73 bits per heavy atom. The molecular formula is C11H15BrN2O. The van der Waals surface area contributed by atoms with Gasteiger partial charge in [-0.05, 0) is 41.3 Å². The van der Waals surface area contributed by atoms with E-state index in [0.717, 1.165) is 28.9 Å². The van der Waals surface area contributed by atoms with Crippen LogP contribution in [0, 0.1) is 0 Å². The van der Waals surface area contributed by atoms with Crippen molar-refractivity contribution in [2.45, 2.75) is 25.9 Å². The molecule has 2 heterocycles. The summed E-state index contributed by atoms with van der Waals surface area (Å²) in [5.41, 5.74) is 1.85. The number of rotatable bonds is 2. The number of pyridine rings is 1. The lowest BCUT2D eigenvalue weighted by molar-refractivity contribution is 0.277. The summed E-state index contributed by atoms with van der Waals surface area (Å²) in [4.78, 5) is 6.55. The van der Waals surface area contributed by atoms with Crippen molar-refractivity contribution in [3.63, 3.8) is 0 Å². The maximum atomic E-state index is 9.24. The summed E-state index contributed by atoms with van der Waals surface area (Å²) >= 11 is 3.42. The Bertz CT molecular complexity index is 337. The number of aromatic nitrogens is 1. The lowest BCUT2D eigenvalue weighted by Crippen LogP contribution is -2.30. The van der Waals surface area contributed by atoms with Gasteiger partial charge in [0.15, 0.2) is 0 Å². The fourth-order valence-electron chi connectivity index (χ4n) is 1.99. The van der Waals surface area contributed by atoms with E-state index in [9.17, 15) is 5.11 Å². The number of nitrogens with zero attached hydrogens (tertiary/aromatic N) is 2. The van der Waals surface area contributed by atoms with Crippen LogP contribution >= 0.6 is 15.9 Å². The van der Waals surface area contributed by atoms with Gasteiger partial charge in [-0.25, -0.2) is 0 Å². The van der Waals surface area contributed by atoms with Crippen molar-refractivity contribution in [1.29, 1.82) is 0 Å². The molecule has 1 aromatic heterocycles. The van der Waals surface area contributed by atoms with Gasteiger partial charge in [0.05, 0.1) is 18.0 Å². The van der Waals surface area contributed by atoms with E-state index in [1.165, 1.54) is 19.3 Å². The molecule has 1 aliphatic heterocycles. The molecule has 0 aliphatic carbocycles. The Labute approximate surface area is 98.3 Å². The van der Waals surface area contributed by atoms with Gasteiger partial charge in [-0.2, -0.15) is 0 Å². The van der Waals surface area contributed by atoms with Crippen LogP contribution in [0.15, 0.2) is 16.7 Å². The third-order valence-electron chi connectivity index (χ3n) is 2.76. The summed E-state index contributed by atoms with van der Waals surface area (Å²) in [5, 5.41) is 9.24. The minimum absolute atomic E-state index is 0.0130. The molecule has 0 saturated carbocycles. The first-order chi connectivity index (χ1) is 7.31. The molecule has 1 fully saturated rings. The molecule has 0 amide bonds. The smallest absolute Gasteiger partial charge is 0.0891 e. The Morgan fingerprint density at radius 2 is 2.07 bits per heavy atom. The molecule has 1 saturated heterocycles. The van der Waals surface area contributed by atoms with E-state index < -0.39 is 0 Å². The van der Waals surface area contributed by atoms with Crippen molar-refractivity contribution in [3.8, 4) is 0 Å². The van der Waals surface area contributed by atoms with Crippen molar-refractivity contribution < 1.29 is 5.11 Å². The maximum absolute atomic E-state index is 9.24. The molecular weight excluding hydrogens is 256 g/mol. The van der Waals surface area contributed by atoms with Crippen LogP contribution in [0.3, 0.4) is 0 Å². The van der Waals surface area contributed by atoms with Gasteiger partial charge < -0.3 is 10.0 Å². The first-order valence-corrected chi connectivity index (χ1v) is 6.11. The Kier molecular flexibility index (Phi) is 3.59. The molecule has 0 spiro atoms. The van der Waals surface area contributed by atoms with Crippen LogP contribution in [-0.4, -0.2) is 23.2 Å². The molecule has 1 N–H and O–H groups in total. The molecule has 15 heavy (non-hydrogen) atoms. The predicted octanol–water partition coefficient (Wildman–Crippen LogP) is 2.33. The van der Waals surface area contributed by atoms with Crippen molar-refractivity contribution in [2.24, 2.45) is 0 Å². The van der Waals surface area contributed by atoms with Crippen LogP contribution in [0.25, 0.3) is 0 Å². The highest BCUT2D eigenvalue weighted by molar-refractivity contribution is 9.10. The molecule has 82 valence electrons. The van der Waals surface area contributed by atoms with E-state index in [0.29, 0.717) is 0 Å². The van der Waals surface area contributed by atoms with E-state index >= 15 is 0 Å². The van der Waals surface area contributed by atoms with Gasteiger partial charge in [0.25, 0.3) is 0 Å². The Balaban J connectivity index is 2.27. The quantitative estimate of drug-likeness (QED) is 0.896. The molecule has 0 atom stereocenters. The zero-order valence-corrected chi connectivity index (χ0v) is 10.2. The van der Waals surface area contributed by atoms with Gasteiger partial charge in [-0.3, -0.25) is 4.98 Å². The average molecular weight is 271 g/mol. The molecule has 3 nitrogen and oxygen atoms in total. The second kappa shape index (κ2) is 4.94. The van der Waals surface area contributed by atoms with E-state index in [1.54, 1.807) is 6.20 Å². The maximum Gasteiger partial charge on any atom is 0.0891 e. The van der Waals surface area contributed by atoms with Gasteiger partial charge in [0.2, 0.25) is 0 Å². The second-order valence-electron chi connectivity index (χ2n) is 3.83. The summed E-state index contributed by atoms with van der Waals surface area (Å²) in [6.45, 7) is 2.16. The van der Waals surface area contributed by atoms with Gasteiger partial charge in [-0.15, -0.1) is 0 Å². The van der Waals surface area contributed by atoms with E-state index in [-0.39, 0.29) is 6.61 Å². The predicted molar refractivity (Wildman–Crippen MR) is 63.9 cm³/mol. The highest BCUT2D eigenvalue weighted by Gasteiger charge is 2.15. The normalized spacial score (nSPS) is 16.8. The molecule has 0 radical (unpaired) electrons. The summed E-state index contributed by atoms with van der Waals surface area (Å²) in [5.74, 6) is 0. The third-order valence-corrected chi connectivity index (χ3v) is 3.19. The first kappa shape index (κ1) is 10.9. The van der Waals surface area contributed by atoms with Crippen molar-refractivity contribution in [3.05, 3.63) is 22.4 Å². The van der Waals surface area contributed by atoms with Gasteiger partial charge >= 0.3 is 0 Å². The van der Waals surface area contributed by atoms with Gasteiger partial charge in [0, 0.05) is 23.8 Å². The highest BCUT2D eigenvalue weighted by atomic mass is 79.9. The molecule has 0 unspecified atom stereocenters. The van der Waals surface area contributed by atoms with E-state index in [4.69, 9.17) is 0 Å². The molecule has 4 heteroatoms. The summed E-state index contributed by atoms with van der Waals surface area (Å²) in [6.07, 6.45) is 5.51. The second-order valence-corrected chi connectivity index (χ2v) is 4.74. The van der Waals surface area contributed by atoms with Crippen LogP contribution < -0.4 is 4.90 Å². The number of piperidine rings is 1.